The third-order valence-electron chi connectivity index (χ3n) is 3.64. The van der Waals surface area contributed by atoms with Crippen molar-refractivity contribution in [3.05, 3.63) is 32.6 Å². The maximum Gasteiger partial charge on any atom is 0.330 e. The van der Waals surface area contributed by atoms with Crippen molar-refractivity contribution in [2.45, 2.75) is 44.1 Å². The molecule has 0 radical (unpaired) electrons. The van der Waals surface area contributed by atoms with Crippen LogP contribution in [0.2, 0.25) is 0 Å². The summed E-state index contributed by atoms with van der Waals surface area (Å²) in [6, 6.07) is 0. The molecule has 2 unspecified atom stereocenters. The number of hydrogen-bond acceptors (Lipinski definition) is 9. The maximum absolute atomic E-state index is 12.0. The van der Waals surface area contributed by atoms with Gasteiger partial charge < -0.3 is 23.8 Å². The van der Waals surface area contributed by atoms with Gasteiger partial charge in [0.15, 0.2) is 0 Å². The van der Waals surface area contributed by atoms with Crippen molar-refractivity contribution in [2.24, 2.45) is 0 Å². The van der Waals surface area contributed by atoms with Gasteiger partial charge in [0.2, 0.25) is 0 Å². The summed E-state index contributed by atoms with van der Waals surface area (Å²) in [6.45, 7) is 2.92. The Morgan fingerprint density at radius 1 is 1.58 bits per heavy atom. The quantitative estimate of drug-likeness (QED) is 0.339. The van der Waals surface area contributed by atoms with Crippen LogP contribution in [-0.2, 0) is 18.6 Å². The second-order valence-corrected chi connectivity index (χ2v) is 9.58. The van der Waals surface area contributed by atoms with Crippen LogP contribution in [0.1, 0.15) is 25.1 Å². The number of nitrogens with one attached hydrogen (secondary N) is 1. The SMILES string of the molecule is CSS[C@H](C)OC1C[C@H](n2cc(C)c(=O)[nH]c2=O)O[C@@H]1COP(=O)([O-])O. The lowest BCUT2D eigenvalue weighted by Gasteiger charge is -2.24. The fourth-order valence-electron chi connectivity index (χ4n) is 2.54. The molecule has 0 aliphatic carbocycles. The second-order valence-electron chi connectivity index (χ2n) is 5.61. The number of hydrogen-bond donors (Lipinski definition) is 2. The molecular formula is C13H20N2O8PS2-. The normalized spacial score (nSPS) is 26.6. The van der Waals surface area contributed by atoms with Crippen LogP contribution in [0.5, 0.6) is 0 Å². The Morgan fingerprint density at radius 3 is 2.88 bits per heavy atom. The molecule has 2 rings (SSSR count). The lowest BCUT2D eigenvalue weighted by Crippen LogP contribution is -2.33. The largest absolute Gasteiger partial charge is 0.756 e. The molecule has 1 aliphatic rings. The van der Waals surface area contributed by atoms with Crippen LogP contribution in [0.4, 0.5) is 0 Å². The number of H-pyrrole nitrogens is 1. The van der Waals surface area contributed by atoms with Gasteiger partial charge >= 0.3 is 5.69 Å². The molecule has 0 saturated carbocycles. The van der Waals surface area contributed by atoms with Crippen molar-refractivity contribution >= 4 is 29.4 Å². The average molecular weight is 427 g/mol. The zero-order valence-corrected chi connectivity index (χ0v) is 16.8. The van der Waals surface area contributed by atoms with E-state index < -0.39 is 44.1 Å². The Balaban J connectivity index is 2.20. The first-order chi connectivity index (χ1) is 12.1. The standard InChI is InChI=1S/C13H21N2O8PS2/c1-7-5-15(13(17)14-12(7)16)11-4-9(22-8(2)26-25-3)10(23-11)6-21-24(18,19)20/h5,8-11H,4,6H2,1-3H3,(H,14,16,17)(H2,18,19,20)/p-1/t8-,9?,10-,11-/m1/s1. The third kappa shape index (κ3) is 5.96. The molecule has 0 amide bonds. The molecular weight excluding hydrogens is 407 g/mol. The van der Waals surface area contributed by atoms with Crippen molar-refractivity contribution < 1.29 is 28.3 Å². The van der Waals surface area contributed by atoms with Gasteiger partial charge in [-0.15, -0.1) is 0 Å². The average Bonchev–Trinajstić information content (AvgIpc) is 2.91. The van der Waals surface area contributed by atoms with Crippen molar-refractivity contribution in [1.29, 1.82) is 0 Å². The van der Waals surface area contributed by atoms with E-state index in [9.17, 15) is 19.0 Å². The summed E-state index contributed by atoms with van der Waals surface area (Å²) in [5.74, 6) is 0. The molecule has 2 N–H and O–H groups in total. The Kier molecular flexibility index (Phi) is 7.57. The molecule has 0 aromatic carbocycles. The Morgan fingerprint density at radius 2 is 2.27 bits per heavy atom. The van der Waals surface area contributed by atoms with Gasteiger partial charge in [-0.25, -0.2) is 4.79 Å². The number of phosphoric ester groups is 1. The predicted octanol–water partition coefficient (Wildman–Crippen LogP) is 0.352. The molecule has 1 aromatic rings. The van der Waals surface area contributed by atoms with Gasteiger partial charge in [-0.3, -0.25) is 18.9 Å². The smallest absolute Gasteiger partial charge is 0.330 e. The lowest BCUT2D eigenvalue weighted by molar-refractivity contribution is -0.223. The summed E-state index contributed by atoms with van der Waals surface area (Å²) in [7, 11) is -1.95. The number of phosphoric acid groups is 1. The van der Waals surface area contributed by atoms with Gasteiger partial charge in [-0.2, -0.15) is 0 Å². The molecule has 1 aromatic heterocycles. The van der Waals surface area contributed by atoms with Crippen LogP contribution in [0, 0.1) is 6.92 Å². The monoisotopic (exact) mass is 427 g/mol. The highest BCUT2D eigenvalue weighted by Gasteiger charge is 2.39. The molecule has 2 heterocycles. The van der Waals surface area contributed by atoms with Gasteiger partial charge in [0.25, 0.3) is 13.4 Å². The van der Waals surface area contributed by atoms with E-state index in [1.54, 1.807) is 6.92 Å². The summed E-state index contributed by atoms with van der Waals surface area (Å²) < 4.78 is 28.1. The molecule has 0 bridgehead atoms. The zero-order chi connectivity index (χ0) is 19.5. The van der Waals surface area contributed by atoms with Crippen LogP contribution in [0.3, 0.4) is 0 Å². The van der Waals surface area contributed by atoms with Gasteiger partial charge in [0, 0.05) is 18.2 Å². The third-order valence-corrected chi connectivity index (χ3v) is 6.08. The summed E-state index contributed by atoms with van der Waals surface area (Å²) in [6.07, 6.45) is 1.34. The van der Waals surface area contributed by atoms with Crippen LogP contribution in [-0.4, -0.2) is 45.0 Å². The summed E-state index contributed by atoms with van der Waals surface area (Å²) in [4.78, 5) is 45.4. The topological polar surface area (TPSA) is 143 Å². The predicted molar refractivity (Wildman–Crippen MR) is 95.8 cm³/mol. The number of aromatic amines is 1. The van der Waals surface area contributed by atoms with E-state index in [0.717, 1.165) is 0 Å². The van der Waals surface area contributed by atoms with E-state index >= 15 is 0 Å². The first-order valence-electron chi connectivity index (χ1n) is 7.61. The first-order valence-corrected chi connectivity index (χ1v) is 11.7. The van der Waals surface area contributed by atoms with E-state index in [0.29, 0.717) is 5.56 Å². The van der Waals surface area contributed by atoms with Crippen LogP contribution < -0.4 is 16.1 Å². The van der Waals surface area contributed by atoms with Gasteiger partial charge in [0.1, 0.15) is 17.8 Å². The van der Waals surface area contributed by atoms with Crippen molar-refractivity contribution in [1.82, 2.24) is 9.55 Å². The Bertz CT molecular complexity index is 778. The number of aryl methyl sites for hydroxylation is 1. The highest BCUT2D eigenvalue weighted by Crippen LogP contribution is 2.37. The molecule has 148 valence electrons. The van der Waals surface area contributed by atoms with Gasteiger partial charge in [-0.05, 0) is 20.1 Å². The number of rotatable bonds is 8. The van der Waals surface area contributed by atoms with E-state index in [2.05, 4.69) is 9.51 Å². The van der Waals surface area contributed by atoms with E-state index in [-0.39, 0.29) is 11.9 Å². The second kappa shape index (κ2) is 9.07. The minimum atomic E-state index is -4.92. The minimum absolute atomic E-state index is 0.220. The highest BCUT2D eigenvalue weighted by atomic mass is 33.1. The fourth-order valence-corrected chi connectivity index (χ4v) is 4.28. The molecule has 13 heteroatoms. The summed E-state index contributed by atoms with van der Waals surface area (Å²) >= 11 is 0. The first kappa shape index (κ1) is 21.7. The number of ether oxygens (including phenoxy) is 2. The number of aromatic nitrogens is 2. The van der Waals surface area contributed by atoms with Crippen molar-refractivity contribution in [3.8, 4) is 0 Å². The fraction of sp³-hybridized carbons (Fsp3) is 0.692. The van der Waals surface area contributed by atoms with Gasteiger partial charge in [-0.1, -0.05) is 21.6 Å². The maximum atomic E-state index is 12.0. The van der Waals surface area contributed by atoms with Crippen molar-refractivity contribution in [3.63, 3.8) is 0 Å². The summed E-state index contributed by atoms with van der Waals surface area (Å²) in [5, 5.41) is 0. The molecule has 1 aliphatic heterocycles. The molecule has 1 fully saturated rings. The molecule has 26 heavy (non-hydrogen) atoms. The van der Waals surface area contributed by atoms with Gasteiger partial charge in [0.05, 0.1) is 12.7 Å². The zero-order valence-electron chi connectivity index (χ0n) is 14.3. The van der Waals surface area contributed by atoms with Crippen LogP contribution in [0.25, 0.3) is 0 Å². The van der Waals surface area contributed by atoms with Crippen LogP contribution >= 0.6 is 29.4 Å². The molecule has 0 spiro atoms. The van der Waals surface area contributed by atoms with E-state index in [1.807, 2.05) is 13.2 Å². The van der Waals surface area contributed by atoms with E-state index in [4.69, 9.17) is 14.4 Å². The number of nitrogens with zero attached hydrogens (tertiary/aromatic N) is 1. The van der Waals surface area contributed by atoms with Crippen LogP contribution in [0.15, 0.2) is 15.8 Å². The molecule has 10 nitrogen and oxygen atoms in total. The van der Waals surface area contributed by atoms with Crippen molar-refractivity contribution in [2.75, 3.05) is 12.9 Å². The van der Waals surface area contributed by atoms with E-state index in [1.165, 1.54) is 32.4 Å². The summed E-state index contributed by atoms with van der Waals surface area (Å²) in [5.41, 5.74) is -1.03. The highest BCUT2D eigenvalue weighted by molar-refractivity contribution is 8.76. The molecule has 5 atom stereocenters. The lowest BCUT2D eigenvalue weighted by atomic mass is 10.2. The molecule has 1 saturated heterocycles. The minimum Gasteiger partial charge on any atom is -0.756 e. The Hall–Kier alpha value is -0.590. The Labute approximate surface area is 157 Å².